The Labute approximate surface area is 143 Å². The zero-order valence-electron chi connectivity index (χ0n) is 14.5. The van der Waals surface area contributed by atoms with Gasteiger partial charge in [0.05, 0.1) is 0 Å². The number of ether oxygens (including phenoxy) is 1. The molecule has 1 aromatic carbocycles. The number of benzene rings is 1. The smallest absolute Gasteiger partial charge is 0.286 e. The highest BCUT2D eigenvalue weighted by Gasteiger charge is 2.23. The molecule has 0 N–H and O–H groups in total. The summed E-state index contributed by atoms with van der Waals surface area (Å²) < 4.78 is 17.2. The van der Waals surface area contributed by atoms with E-state index >= 15 is 0 Å². The molecule has 0 spiro atoms. The van der Waals surface area contributed by atoms with E-state index in [9.17, 15) is 0 Å². The number of furan rings is 1. The van der Waals surface area contributed by atoms with Gasteiger partial charge < -0.3 is 9.15 Å². The van der Waals surface area contributed by atoms with Crippen molar-refractivity contribution in [1.29, 1.82) is 0 Å². The first-order chi connectivity index (χ1) is 11.0. The normalized spacial score (nSPS) is 13.0. The Morgan fingerprint density at radius 3 is 2.13 bits per heavy atom. The van der Waals surface area contributed by atoms with Crippen molar-refractivity contribution in [2.45, 2.75) is 51.7 Å². The topological polar surface area (TPSA) is 31.6 Å². The third-order valence-electron chi connectivity index (χ3n) is 3.67. The van der Waals surface area contributed by atoms with E-state index in [1.165, 1.54) is 12.0 Å². The van der Waals surface area contributed by atoms with Crippen molar-refractivity contribution in [2.75, 3.05) is 0 Å². The van der Waals surface area contributed by atoms with Crippen molar-refractivity contribution >= 4 is 12.0 Å². The molecular weight excluding hydrogens is 308 g/mol. The Balaban J connectivity index is 1.90. The molecule has 0 aliphatic carbocycles. The van der Waals surface area contributed by atoms with Crippen LogP contribution in [0.25, 0.3) is 0 Å². The monoisotopic (exact) mass is 334 g/mol. The number of hydrogen-bond acceptors (Lipinski definition) is 4. The first-order valence-electron chi connectivity index (χ1n) is 8.12. The molecule has 1 atom stereocenters. The number of rotatable bonds is 8. The Morgan fingerprint density at radius 2 is 1.52 bits per heavy atom. The van der Waals surface area contributed by atoms with Gasteiger partial charge in [-0.2, -0.15) is 0 Å². The molecule has 23 heavy (non-hydrogen) atoms. The zero-order chi connectivity index (χ0) is 16.8. The summed E-state index contributed by atoms with van der Waals surface area (Å²) >= 11 is 1.30. The van der Waals surface area contributed by atoms with Gasteiger partial charge in [-0.05, 0) is 37.0 Å². The van der Waals surface area contributed by atoms with Gasteiger partial charge in [-0.25, -0.2) is 0 Å². The summed E-state index contributed by atoms with van der Waals surface area (Å²) in [6.07, 6.45) is -0.393. The van der Waals surface area contributed by atoms with Gasteiger partial charge in [0.15, 0.2) is 0 Å². The summed E-state index contributed by atoms with van der Waals surface area (Å²) in [5.41, 5.74) is 0. The molecule has 0 fully saturated rings. The lowest BCUT2D eigenvalue weighted by molar-refractivity contribution is 0.0184. The molecule has 0 bridgehead atoms. The molecule has 0 aliphatic rings. The molecule has 1 unspecified atom stereocenters. The van der Waals surface area contributed by atoms with Gasteiger partial charge in [0.1, 0.15) is 5.76 Å². The average molecular weight is 334 g/mol. The number of hydrogen-bond donors (Lipinski definition) is 0. The maximum absolute atomic E-state index is 5.88. The van der Waals surface area contributed by atoms with Crippen LogP contribution in [0.3, 0.4) is 0 Å². The second-order valence-corrected chi connectivity index (χ2v) is 7.18. The molecule has 2 aromatic rings. The largest absolute Gasteiger partial charge is 0.434 e. The van der Waals surface area contributed by atoms with Crippen LogP contribution >= 0.6 is 12.0 Å². The van der Waals surface area contributed by atoms with E-state index in [0.29, 0.717) is 23.7 Å². The van der Waals surface area contributed by atoms with Crippen LogP contribution in [-0.4, -0.2) is 6.29 Å². The molecule has 0 amide bonds. The van der Waals surface area contributed by atoms with Gasteiger partial charge in [0.2, 0.25) is 6.29 Å². The third kappa shape index (κ3) is 5.33. The minimum atomic E-state index is -0.393. The predicted octanol–water partition coefficient (Wildman–Crippen LogP) is 6.12. The van der Waals surface area contributed by atoms with Crippen LogP contribution in [0, 0.1) is 11.8 Å². The van der Waals surface area contributed by atoms with Crippen molar-refractivity contribution in [2.24, 2.45) is 11.8 Å². The summed E-state index contributed by atoms with van der Waals surface area (Å²) in [5, 5.41) is 0. The summed E-state index contributed by atoms with van der Waals surface area (Å²) in [6.45, 7) is 10.7. The standard InChI is InChI=1S/C19H26O3S/c1-13(2)19(14(3)4)17-11-12-18(21-17)20-15(5)22-23-16-9-7-6-8-10-16/h6-15,19H,1-5H3. The van der Waals surface area contributed by atoms with Crippen molar-refractivity contribution in [3.8, 4) is 5.95 Å². The van der Waals surface area contributed by atoms with Gasteiger partial charge in [0.25, 0.3) is 5.95 Å². The van der Waals surface area contributed by atoms with E-state index in [1.54, 1.807) is 0 Å². The van der Waals surface area contributed by atoms with Gasteiger partial charge in [-0.15, -0.1) is 0 Å². The van der Waals surface area contributed by atoms with Gasteiger partial charge in [0, 0.05) is 28.9 Å². The minimum absolute atomic E-state index is 0.391. The van der Waals surface area contributed by atoms with Crippen molar-refractivity contribution < 1.29 is 13.3 Å². The summed E-state index contributed by atoms with van der Waals surface area (Å²) in [4.78, 5) is 1.04. The molecule has 0 aliphatic heterocycles. The van der Waals surface area contributed by atoms with Crippen molar-refractivity contribution in [1.82, 2.24) is 0 Å². The first kappa shape index (κ1) is 18.0. The first-order valence-corrected chi connectivity index (χ1v) is 8.86. The SMILES string of the molecule is CC(OSc1ccccc1)Oc1ccc(C(C(C)C)C(C)C)o1. The summed E-state index contributed by atoms with van der Waals surface area (Å²) in [6, 6.07) is 13.8. The molecule has 1 aromatic heterocycles. The van der Waals surface area contributed by atoms with Crippen LogP contribution < -0.4 is 4.74 Å². The second-order valence-electron chi connectivity index (χ2n) is 6.35. The van der Waals surface area contributed by atoms with Crippen LogP contribution in [-0.2, 0) is 4.18 Å². The molecular formula is C19H26O3S. The Hall–Kier alpha value is -1.39. The highest BCUT2D eigenvalue weighted by molar-refractivity contribution is 7.94. The third-order valence-corrected chi connectivity index (χ3v) is 4.50. The quantitative estimate of drug-likeness (QED) is 0.429. The Morgan fingerprint density at radius 1 is 0.870 bits per heavy atom. The fourth-order valence-corrected chi connectivity index (χ4v) is 3.34. The predicted molar refractivity (Wildman–Crippen MR) is 94.6 cm³/mol. The highest BCUT2D eigenvalue weighted by Crippen LogP contribution is 2.35. The molecule has 126 valence electrons. The molecule has 0 saturated carbocycles. The lowest BCUT2D eigenvalue weighted by atomic mass is 9.84. The van der Waals surface area contributed by atoms with E-state index in [-0.39, 0.29) is 0 Å². The lowest BCUT2D eigenvalue weighted by Gasteiger charge is -2.22. The Bertz CT molecular complexity index is 569. The van der Waals surface area contributed by atoms with Crippen LogP contribution in [0.5, 0.6) is 5.95 Å². The zero-order valence-corrected chi connectivity index (χ0v) is 15.3. The highest BCUT2D eigenvalue weighted by atomic mass is 32.2. The summed E-state index contributed by atoms with van der Waals surface area (Å²) in [5.74, 6) is 2.93. The fraction of sp³-hybridized carbons (Fsp3) is 0.474. The minimum Gasteiger partial charge on any atom is -0.434 e. The van der Waals surface area contributed by atoms with Crippen LogP contribution in [0.15, 0.2) is 51.8 Å². The van der Waals surface area contributed by atoms with Crippen LogP contribution in [0.4, 0.5) is 0 Å². The molecule has 0 saturated heterocycles. The van der Waals surface area contributed by atoms with E-state index in [2.05, 4.69) is 27.7 Å². The second kappa shape index (κ2) is 8.46. The molecule has 4 heteroatoms. The van der Waals surface area contributed by atoms with Crippen LogP contribution in [0.2, 0.25) is 0 Å². The van der Waals surface area contributed by atoms with E-state index in [4.69, 9.17) is 13.3 Å². The molecule has 1 heterocycles. The average Bonchev–Trinajstić information content (AvgIpc) is 2.93. The molecule has 2 rings (SSSR count). The fourth-order valence-electron chi connectivity index (χ4n) is 2.79. The van der Waals surface area contributed by atoms with E-state index in [0.717, 1.165) is 10.7 Å². The molecule has 3 nitrogen and oxygen atoms in total. The maximum Gasteiger partial charge on any atom is 0.286 e. The molecule has 0 radical (unpaired) electrons. The van der Waals surface area contributed by atoms with Gasteiger partial charge >= 0.3 is 0 Å². The van der Waals surface area contributed by atoms with Gasteiger partial charge in [-0.1, -0.05) is 45.9 Å². The summed E-state index contributed by atoms with van der Waals surface area (Å²) in [7, 11) is 0. The van der Waals surface area contributed by atoms with Crippen LogP contribution in [0.1, 0.15) is 46.3 Å². The van der Waals surface area contributed by atoms with E-state index in [1.807, 2.05) is 49.4 Å². The van der Waals surface area contributed by atoms with E-state index < -0.39 is 6.29 Å². The lowest BCUT2D eigenvalue weighted by Crippen LogP contribution is -2.13. The van der Waals surface area contributed by atoms with Crippen molar-refractivity contribution in [3.63, 3.8) is 0 Å². The van der Waals surface area contributed by atoms with Gasteiger partial charge in [-0.3, -0.25) is 4.18 Å². The maximum atomic E-state index is 5.88. The Kier molecular flexibility index (Phi) is 6.60. The van der Waals surface area contributed by atoms with Crippen molar-refractivity contribution in [3.05, 3.63) is 48.2 Å².